The van der Waals surface area contributed by atoms with Crippen molar-refractivity contribution >= 4 is 11.6 Å². The summed E-state index contributed by atoms with van der Waals surface area (Å²) in [7, 11) is 0. The van der Waals surface area contributed by atoms with Crippen LogP contribution in [0, 0.1) is 0 Å². The summed E-state index contributed by atoms with van der Waals surface area (Å²) in [5.74, 6) is 0.919. The Hall–Kier alpha value is -2.29. The smallest absolute Gasteiger partial charge is 0.258 e. The maximum Gasteiger partial charge on any atom is 0.258 e. The fourth-order valence-electron chi connectivity index (χ4n) is 2.41. The Morgan fingerprint density at radius 3 is 2.55 bits per heavy atom. The third kappa shape index (κ3) is 2.27. The van der Waals surface area contributed by atoms with Gasteiger partial charge in [-0.05, 0) is 42.3 Å². The van der Waals surface area contributed by atoms with Gasteiger partial charge in [-0.2, -0.15) is 0 Å². The van der Waals surface area contributed by atoms with Crippen LogP contribution in [0.1, 0.15) is 29.3 Å². The molecule has 3 rings (SSSR count). The monoisotopic (exact) mass is 267 g/mol. The van der Waals surface area contributed by atoms with E-state index in [2.05, 4.69) is 6.92 Å². The molecule has 0 fully saturated rings. The Morgan fingerprint density at radius 1 is 1.10 bits per heavy atom. The summed E-state index contributed by atoms with van der Waals surface area (Å²) < 4.78 is 5.56. The van der Waals surface area contributed by atoms with E-state index in [0.29, 0.717) is 13.2 Å². The van der Waals surface area contributed by atoms with Gasteiger partial charge in [0.2, 0.25) is 0 Å². The van der Waals surface area contributed by atoms with Crippen molar-refractivity contribution in [2.24, 2.45) is 0 Å². The first-order valence-electron chi connectivity index (χ1n) is 6.92. The molecule has 0 bridgehead atoms. The van der Waals surface area contributed by atoms with Crippen molar-refractivity contribution in [3.05, 3.63) is 59.7 Å². The van der Waals surface area contributed by atoms with Gasteiger partial charge in [-0.1, -0.05) is 25.1 Å². The van der Waals surface area contributed by atoms with Gasteiger partial charge in [-0.25, -0.2) is 0 Å². The second-order valence-electron chi connectivity index (χ2n) is 4.89. The molecule has 2 aromatic rings. The third-order valence-corrected chi connectivity index (χ3v) is 3.44. The summed E-state index contributed by atoms with van der Waals surface area (Å²) in [6.07, 6.45) is 0.988. The molecule has 102 valence electrons. The third-order valence-electron chi connectivity index (χ3n) is 3.44. The van der Waals surface area contributed by atoms with Crippen LogP contribution in [-0.2, 0) is 6.54 Å². The highest BCUT2D eigenvalue weighted by molar-refractivity contribution is 6.09. The van der Waals surface area contributed by atoms with Crippen LogP contribution in [0.15, 0.2) is 48.5 Å². The number of ether oxygens (including phenoxy) is 1. The van der Waals surface area contributed by atoms with Crippen molar-refractivity contribution in [1.29, 1.82) is 0 Å². The van der Waals surface area contributed by atoms with E-state index in [1.165, 1.54) is 0 Å². The highest BCUT2D eigenvalue weighted by Gasteiger charge is 2.27. The molecule has 0 spiro atoms. The van der Waals surface area contributed by atoms with Gasteiger partial charge in [0, 0.05) is 11.3 Å². The summed E-state index contributed by atoms with van der Waals surface area (Å²) in [4.78, 5) is 14.1. The fourth-order valence-corrected chi connectivity index (χ4v) is 2.41. The summed E-state index contributed by atoms with van der Waals surface area (Å²) in [6, 6.07) is 15.5. The van der Waals surface area contributed by atoms with Crippen LogP contribution in [-0.4, -0.2) is 12.5 Å². The minimum Gasteiger partial charge on any atom is -0.494 e. The largest absolute Gasteiger partial charge is 0.494 e. The maximum atomic E-state index is 12.3. The predicted octanol–water partition coefficient (Wildman–Crippen LogP) is 3.64. The number of hydrogen-bond donors (Lipinski definition) is 0. The van der Waals surface area contributed by atoms with E-state index in [0.717, 1.165) is 29.0 Å². The van der Waals surface area contributed by atoms with E-state index in [9.17, 15) is 4.79 Å². The zero-order chi connectivity index (χ0) is 13.9. The first-order valence-corrected chi connectivity index (χ1v) is 6.92. The van der Waals surface area contributed by atoms with Crippen molar-refractivity contribution < 1.29 is 9.53 Å². The Labute approximate surface area is 118 Å². The molecule has 0 saturated carbocycles. The molecule has 0 N–H and O–H groups in total. The lowest BCUT2D eigenvalue weighted by Crippen LogP contribution is -2.22. The molecule has 0 atom stereocenters. The Bertz CT molecular complexity index is 619. The molecule has 0 saturated heterocycles. The number of carbonyl (C=O) groups is 1. The zero-order valence-electron chi connectivity index (χ0n) is 11.5. The molecule has 0 unspecified atom stereocenters. The minimum absolute atomic E-state index is 0.0721. The second-order valence-corrected chi connectivity index (χ2v) is 4.89. The molecular formula is C17H17NO2. The van der Waals surface area contributed by atoms with Crippen molar-refractivity contribution in [3.63, 3.8) is 0 Å². The number of hydrogen-bond acceptors (Lipinski definition) is 2. The Balaban J connectivity index is 1.80. The van der Waals surface area contributed by atoms with Gasteiger partial charge in [-0.15, -0.1) is 0 Å². The second kappa shape index (κ2) is 5.37. The van der Waals surface area contributed by atoms with Gasteiger partial charge < -0.3 is 9.64 Å². The summed E-state index contributed by atoms with van der Waals surface area (Å²) in [5.41, 5.74) is 2.80. The lowest BCUT2D eigenvalue weighted by Gasteiger charge is -2.16. The van der Waals surface area contributed by atoms with Crippen LogP contribution in [0.3, 0.4) is 0 Å². The van der Waals surface area contributed by atoms with Crippen LogP contribution < -0.4 is 9.64 Å². The van der Waals surface area contributed by atoms with Gasteiger partial charge in [0.25, 0.3) is 5.91 Å². The van der Waals surface area contributed by atoms with Crippen molar-refractivity contribution in [2.75, 3.05) is 11.5 Å². The normalized spacial score (nSPS) is 13.4. The molecule has 1 aliphatic heterocycles. The maximum absolute atomic E-state index is 12.3. The zero-order valence-corrected chi connectivity index (χ0v) is 11.5. The van der Waals surface area contributed by atoms with E-state index in [4.69, 9.17) is 4.74 Å². The first-order chi connectivity index (χ1) is 9.79. The number of fused-ring (bicyclic) bond motifs is 1. The number of rotatable bonds is 4. The van der Waals surface area contributed by atoms with Crippen LogP contribution in [0.4, 0.5) is 5.69 Å². The molecule has 2 aromatic carbocycles. The summed E-state index contributed by atoms with van der Waals surface area (Å²) in [6.45, 7) is 3.44. The average Bonchev–Trinajstić information content (AvgIpc) is 2.83. The van der Waals surface area contributed by atoms with Gasteiger partial charge in [0.05, 0.1) is 13.2 Å². The van der Waals surface area contributed by atoms with Crippen molar-refractivity contribution in [3.8, 4) is 5.75 Å². The molecule has 1 aliphatic rings. The standard InChI is InChI=1S/C17H17NO2/c1-2-11-20-15-9-7-14(8-10-15)18-12-13-5-3-4-6-16(13)17(18)19/h3-10H,2,11-12H2,1H3. The highest BCUT2D eigenvalue weighted by Crippen LogP contribution is 2.29. The molecule has 0 aromatic heterocycles. The van der Waals surface area contributed by atoms with Crippen molar-refractivity contribution in [2.45, 2.75) is 19.9 Å². The number of carbonyl (C=O) groups excluding carboxylic acids is 1. The Morgan fingerprint density at radius 2 is 1.85 bits per heavy atom. The van der Waals surface area contributed by atoms with Crippen LogP contribution in [0.2, 0.25) is 0 Å². The molecule has 1 amide bonds. The van der Waals surface area contributed by atoms with Crippen LogP contribution in [0.5, 0.6) is 5.75 Å². The molecule has 1 heterocycles. The first kappa shape index (κ1) is 12.7. The molecule has 20 heavy (non-hydrogen) atoms. The number of amides is 1. The Kier molecular flexibility index (Phi) is 3.42. The predicted molar refractivity (Wildman–Crippen MR) is 79.2 cm³/mol. The molecule has 0 aliphatic carbocycles. The van der Waals surface area contributed by atoms with E-state index >= 15 is 0 Å². The molecule has 3 heteroatoms. The van der Waals surface area contributed by atoms with Gasteiger partial charge in [0.15, 0.2) is 0 Å². The SMILES string of the molecule is CCCOc1ccc(N2Cc3ccccc3C2=O)cc1. The minimum atomic E-state index is 0.0721. The van der Waals surface area contributed by atoms with E-state index in [-0.39, 0.29) is 5.91 Å². The van der Waals surface area contributed by atoms with E-state index in [1.54, 1.807) is 4.90 Å². The lowest BCUT2D eigenvalue weighted by atomic mass is 10.1. The van der Waals surface area contributed by atoms with E-state index in [1.807, 2.05) is 48.5 Å². The van der Waals surface area contributed by atoms with Gasteiger partial charge >= 0.3 is 0 Å². The highest BCUT2D eigenvalue weighted by atomic mass is 16.5. The topological polar surface area (TPSA) is 29.5 Å². The molecule has 0 radical (unpaired) electrons. The van der Waals surface area contributed by atoms with Gasteiger partial charge in [0.1, 0.15) is 5.75 Å². The fraction of sp³-hybridized carbons (Fsp3) is 0.235. The molecular weight excluding hydrogens is 250 g/mol. The quantitative estimate of drug-likeness (QED) is 0.846. The van der Waals surface area contributed by atoms with Crippen LogP contribution in [0.25, 0.3) is 0 Å². The van der Waals surface area contributed by atoms with Crippen molar-refractivity contribution in [1.82, 2.24) is 0 Å². The lowest BCUT2D eigenvalue weighted by molar-refractivity contribution is 0.0996. The van der Waals surface area contributed by atoms with E-state index < -0.39 is 0 Å². The number of nitrogens with zero attached hydrogens (tertiary/aromatic N) is 1. The summed E-state index contributed by atoms with van der Waals surface area (Å²) >= 11 is 0. The number of benzene rings is 2. The van der Waals surface area contributed by atoms with Crippen LogP contribution >= 0.6 is 0 Å². The van der Waals surface area contributed by atoms with Gasteiger partial charge in [-0.3, -0.25) is 4.79 Å². The number of anilines is 1. The molecule has 3 nitrogen and oxygen atoms in total. The summed E-state index contributed by atoms with van der Waals surface area (Å²) in [5, 5.41) is 0. The average molecular weight is 267 g/mol.